The van der Waals surface area contributed by atoms with Crippen molar-refractivity contribution in [3.05, 3.63) is 41.2 Å². The summed E-state index contributed by atoms with van der Waals surface area (Å²) in [5.41, 5.74) is 2.97. The van der Waals surface area contributed by atoms with Crippen molar-refractivity contribution >= 4 is 5.91 Å². The molecule has 24 heavy (non-hydrogen) atoms. The second kappa shape index (κ2) is 6.68. The molecule has 1 aromatic carbocycles. The lowest BCUT2D eigenvalue weighted by atomic mass is 10.1. The van der Waals surface area contributed by atoms with Crippen LogP contribution in [0.3, 0.4) is 0 Å². The van der Waals surface area contributed by atoms with Crippen molar-refractivity contribution in [3.8, 4) is 0 Å². The summed E-state index contributed by atoms with van der Waals surface area (Å²) >= 11 is 0. The average Bonchev–Trinajstić information content (AvgIpc) is 3.18. The van der Waals surface area contributed by atoms with Crippen LogP contribution < -0.4 is 0 Å². The molecule has 1 aliphatic carbocycles. The van der Waals surface area contributed by atoms with Crippen LogP contribution in [0.25, 0.3) is 0 Å². The summed E-state index contributed by atoms with van der Waals surface area (Å²) in [6.45, 7) is 3.59. The summed E-state index contributed by atoms with van der Waals surface area (Å²) in [4.78, 5) is 16.9. The van der Waals surface area contributed by atoms with Gasteiger partial charge in [-0.15, -0.1) is 10.2 Å². The fourth-order valence-corrected chi connectivity index (χ4v) is 3.85. The first-order valence-electron chi connectivity index (χ1n) is 8.60. The van der Waals surface area contributed by atoms with E-state index in [4.69, 9.17) is 0 Å². The minimum Gasteiger partial charge on any atom is -0.341 e. The van der Waals surface area contributed by atoms with Crippen LogP contribution in [-0.4, -0.2) is 68.6 Å². The van der Waals surface area contributed by atoms with Crippen LogP contribution in [0.4, 0.5) is 0 Å². The summed E-state index contributed by atoms with van der Waals surface area (Å²) in [6.07, 6.45) is 3.51. The van der Waals surface area contributed by atoms with E-state index >= 15 is 0 Å². The average molecular weight is 326 g/mol. The minimum atomic E-state index is 0.0907. The number of carbonyl (C=O) groups is 1. The molecule has 2 aliphatic rings. The van der Waals surface area contributed by atoms with Crippen LogP contribution in [0.5, 0.6) is 0 Å². The molecule has 1 N–H and O–H groups in total. The van der Waals surface area contributed by atoms with Gasteiger partial charge in [-0.2, -0.15) is 5.21 Å². The van der Waals surface area contributed by atoms with Crippen molar-refractivity contribution < 1.29 is 4.79 Å². The van der Waals surface area contributed by atoms with E-state index in [1.54, 1.807) is 0 Å². The predicted molar refractivity (Wildman–Crippen MR) is 88.3 cm³/mol. The Labute approximate surface area is 141 Å². The molecule has 1 saturated heterocycles. The molecule has 7 nitrogen and oxygen atoms in total. The van der Waals surface area contributed by atoms with E-state index in [-0.39, 0.29) is 12.3 Å². The number of hydrogen-bond donors (Lipinski definition) is 1. The normalized spacial score (nSPS) is 19.2. The number of amides is 1. The number of aromatic amines is 1. The Balaban J connectivity index is 1.34. The van der Waals surface area contributed by atoms with Gasteiger partial charge in [0.05, 0.1) is 6.42 Å². The monoisotopic (exact) mass is 326 g/mol. The number of hydrogen-bond acceptors (Lipinski definition) is 5. The number of nitrogens with one attached hydrogen (secondary N) is 1. The highest BCUT2D eigenvalue weighted by Crippen LogP contribution is 2.26. The molecule has 2 heterocycles. The highest BCUT2D eigenvalue weighted by atomic mass is 16.2. The van der Waals surface area contributed by atoms with E-state index in [9.17, 15) is 4.79 Å². The topological polar surface area (TPSA) is 78.0 Å². The van der Waals surface area contributed by atoms with E-state index in [1.165, 1.54) is 11.1 Å². The van der Waals surface area contributed by atoms with Crippen molar-refractivity contribution in [2.24, 2.45) is 0 Å². The first-order valence-corrected chi connectivity index (χ1v) is 8.60. The molecule has 0 unspecified atom stereocenters. The smallest absolute Gasteiger partial charge is 0.230 e. The number of tetrazole rings is 1. The van der Waals surface area contributed by atoms with Crippen LogP contribution in [0, 0.1) is 0 Å². The van der Waals surface area contributed by atoms with Gasteiger partial charge in [-0.25, -0.2) is 0 Å². The third-order valence-electron chi connectivity index (χ3n) is 5.13. The molecule has 7 heteroatoms. The van der Waals surface area contributed by atoms with Gasteiger partial charge >= 0.3 is 0 Å². The lowest BCUT2D eigenvalue weighted by molar-refractivity contribution is -0.130. The van der Waals surface area contributed by atoms with Crippen LogP contribution in [0.1, 0.15) is 23.4 Å². The highest BCUT2D eigenvalue weighted by molar-refractivity contribution is 5.77. The number of rotatable bonds is 3. The van der Waals surface area contributed by atoms with Gasteiger partial charge in [0.1, 0.15) is 0 Å². The Bertz CT molecular complexity index is 676. The largest absolute Gasteiger partial charge is 0.341 e. The third-order valence-corrected chi connectivity index (χ3v) is 5.13. The molecule has 0 atom stereocenters. The molecule has 0 spiro atoms. The Kier molecular flexibility index (Phi) is 4.25. The van der Waals surface area contributed by atoms with Crippen molar-refractivity contribution in [1.82, 2.24) is 30.4 Å². The van der Waals surface area contributed by atoms with E-state index in [0.29, 0.717) is 11.9 Å². The van der Waals surface area contributed by atoms with Crippen molar-refractivity contribution in [1.29, 1.82) is 0 Å². The van der Waals surface area contributed by atoms with Crippen molar-refractivity contribution in [3.63, 3.8) is 0 Å². The third kappa shape index (κ3) is 3.17. The van der Waals surface area contributed by atoms with E-state index < -0.39 is 0 Å². The van der Waals surface area contributed by atoms with Gasteiger partial charge in [-0.05, 0) is 30.4 Å². The Hall–Kier alpha value is -2.28. The molecule has 126 valence electrons. The SMILES string of the molecule is O=C(Cc1nn[nH]n1)N1CCCN(C2Cc3ccccc3C2)CC1. The maximum atomic E-state index is 12.4. The van der Waals surface area contributed by atoms with Gasteiger partial charge in [-0.1, -0.05) is 29.5 Å². The zero-order valence-electron chi connectivity index (χ0n) is 13.7. The second-order valence-corrected chi connectivity index (χ2v) is 6.61. The van der Waals surface area contributed by atoms with Gasteiger partial charge in [0.2, 0.25) is 5.91 Å². The number of benzene rings is 1. The molecule has 4 rings (SSSR count). The summed E-state index contributed by atoms with van der Waals surface area (Å²) in [5, 5.41) is 13.6. The molecule has 1 fully saturated rings. The predicted octanol–water partition coefficient (Wildman–Crippen LogP) is 0.444. The fourth-order valence-electron chi connectivity index (χ4n) is 3.85. The van der Waals surface area contributed by atoms with Gasteiger partial charge in [-0.3, -0.25) is 9.69 Å². The van der Waals surface area contributed by atoms with Gasteiger partial charge in [0.25, 0.3) is 0 Å². The molecular weight excluding hydrogens is 304 g/mol. The zero-order chi connectivity index (χ0) is 16.4. The number of fused-ring (bicyclic) bond motifs is 1. The van der Waals surface area contributed by atoms with Gasteiger partial charge in [0.15, 0.2) is 5.82 Å². The Morgan fingerprint density at radius 1 is 1.12 bits per heavy atom. The second-order valence-electron chi connectivity index (χ2n) is 6.61. The summed E-state index contributed by atoms with van der Waals surface area (Å²) in [6, 6.07) is 9.32. The quantitative estimate of drug-likeness (QED) is 0.886. The molecule has 1 aromatic heterocycles. The Morgan fingerprint density at radius 3 is 2.62 bits per heavy atom. The standard InChI is InChI=1S/C17H22N6O/c24-17(12-16-18-20-21-19-16)23-7-3-6-22(8-9-23)15-10-13-4-1-2-5-14(13)11-15/h1-2,4-5,15H,3,6-12H2,(H,18,19,20,21). The van der Waals surface area contributed by atoms with E-state index in [1.807, 2.05) is 4.90 Å². The van der Waals surface area contributed by atoms with Crippen molar-refractivity contribution in [2.75, 3.05) is 26.2 Å². The van der Waals surface area contributed by atoms with Crippen LogP contribution in [0.15, 0.2) is 24.3 Å². The highest BCUT2D eigenvalue weighted by Gasteiger charge is 2.29. The molecule has 0 radical (unpaired) electrons. The minimum absolute atomic E-state index is 0.0907. The maximum Gasteiger partial charge on any atom is 0.230 e. The lowest BCUT2D eigenvalue weighted by Gasteiger charge is -2.27. The first-order chi connectivity index (χ1) is 11.8. The van der Waals surface area contributed by atoms with E-state index in [0.717, 1.165) is 45.4 Å². The molecule has 2 aromatic rings. The number of H-pyrrole nitrogens is 1. The summed E-state index contributed by atoms with van der Waals surface area (Å²) < 4.78 is 0. The summed E-state index contributed by atoms with van der Waals surface area (Å²) in [5.74, 6) is 0.556. The number of aromatic nitrogens is 4. The van der Waals surface area contributed by atoms with Gasteiger partial charge in [0, 0.05) is 32.2 Å². The fraction of sp³-hybridized carbons (Fsp3) is 0.529. The van der Waals surface area contributed by atoms with Crippen LogP contribution in [0.2, 0.25) is 0 Å². The number of carbonyl (C=O) groups excluding carboxylic acids is 1. The molecule has 0 bridgehead atoms. The Morgan fingerprint density at radius 2 is 1.92 bits per heavy atom. The van der Waals surface area contributed by atoms with Gasteiger partial charge < -0.3 is 4.90 Å². The summed E-state index contributed by atoms with van der Waals surface area (Å²) in [7, 11) is 0. The first kappa shape index (κ1) is 15.3. The number of nitrogens with zero attached hydrogens (tertiary/aromatic N) is 5. The molecule has 0 saturated carbocycles. The molecular formula is C17H22N6O. The maximum absolute atomic E-state index is 12.4. The molecule has 1 aliphatic heterocycles. The molecule has 1 amide bonds. The van der Waals surface area contributed by atoms with Crippen molar-refractivity contribution in [2.45, 2.75) is 31.7 Å². The van der Waals surface area contributed by atoms with E-state index in [2.05, 4.69) is 49.8 Å². The zero-order valence-corrected chi connectivity index (χ0v) is 13.7. The van der Waals surface area contributed by atoms with Crippen LogP contribution in [-0.2, 0) is 24.1 Å². The lowest BCUT2D eigenvalue weighted by Crippen LogP contribution is -2.40. The van der Waals surface area contributed by atoms with Crippen LogP contribution >= 0.6 is 0 Å².